The van der Waals surface area contributed by atoms with Gasteiger partial charge in [0.15, 0.2) is 11.5 Å². The van der Waals surface area contributed by atoms with E-state index in [1.807, 2.05) is 20.8 Å². The first-order valence-corrected chi connectivity index (χ1v) is 4.31. The zero-order valence-electron chi connectivity index (χ0n) is 8.76. The van der Waals surface area contributed by atoms with Crippen LogP contribution in [0.4, 0.5) is 0 Å². The lowest BCUT2D eigenvalue weighted by Gasteiger charge is -2.14. The molecule has 0 saturated heterocycles. The second kappa shape index (κ2) is 2.98. The molecule has 0 aliphatic heterocycles. The van der Waals surface area contributed by atoms with Gasteiger partial charge in [-0.1, -0.05) is 25.9 Å². The maximum absolute atomic E-state index is 11.3. The Labute approximate surface area is 78.1 Å². The van der Waals surface area contributed by atoms with E-state index in [4.69, 9.17) is 4.52 Å². The Bertz CT molecular complexity index is 331. The Morgan fingerprint density at radius 2 is 1.92 bits per heavy atom. The molecule has 1 aromatic heterocycles. The van der Waals surface area contributed by atoms with E-state index in [2.05, 4.69) is 5.16 Å². The number of aromatic nitrogens is 1. The van der Waals surface area contributed by atoms with Gasteiger partial charge in [-0.3, -0.25) is 4.79 Å². The molecule has 0 saturated carbocycles. The molecule has 13 heavy (non-hydrogen) atoms. The average molecular weight is 181 g/mol. The van der Waals surface area contributed by atoms with Crippen molar-refractivity contribution in [1.29, 1.82) is 0 Å². The molecule has 1 heterocycles. The van der Waals surface area contributed by atoms with E-state index in [1.54, 1.807) is 6.92 Å². The standard InChI is InChI=1S/C10H15NO2/c1-6-8(7(2)12)9(13-11-6)10(3,4)5/h1-5H3. The van der Waals surface area contributed by atoms with E-state index in [9.17, 15) is 4.79 Å². The van der Waals surface area contributed by atoms with Crippen LogP contribution in [0.5, 0.6) is 0 Å². The minimum Gasteiger partial charge on any atom is -0.360 e. The molecule has 3 heteroatoms. The summed E-state index contributed by atoms with van der Waals surface area (Å²) < 4.78 is 5.15. The van der Waals surface area contributed by atoms with Gasteiger partial charge in [0, 0.05) is 5.41 Å². The van der Waals surface area contributed by atoms with Gasteiger partial charge >= 0.3 is 0 Å². The first kappa shape index (κ1) is 9.96. The van der Waals surface area contributed by atoms with Crippen LogP contribution in [0.15, 0.2) is 4.52 Å². The summed E-state index contributed by atoms with van der Waals surface area (Å²) in [5.74, 6) is 0.696. The third-order valence-electron chi connectivity index (χ3n) is 1.90. The quantitative estimate of drug-likeness (QED) is 0.625. The van der Waals surface area contributed by atoms with E-state index in [0.29, 0.717) is 17.0 Å². The van der Waals surface area contributed by atoms with Crippen LogP contribution in [-0.2, 0) is 5.41 Å². The molecule has 0 unspecified atom stereocenters. The van der Waals surface area contributed by atoms with Gasteiger partial charge in [-0.25, -0.2) is 0 Å². The van der Waals surface area contributed by atoms with Crippen LogP contribution in [0, 0.1) is 6.92 Å². The predicted octanol–water partition coefficient (Wildman–Crippen LogP) is 2.48. The van der Waals surface area contributed by atoms with Crippen LogP contribution in [0.2, 0.25) is 0 Å². The van der Waals surface area contributed by atoms with Crippen molar-refractivity contribution in [2.24, 2.45) is 0 Å². The van der Waals surface area contributed by atoms with Crippen molar-refractivity contribution in [1.82, 2.24) is 5.16 Å². The molecule has 0 atom stereocenters. The maximum atomic E-state index is 11.3. The summed E-state index contributed by atoms with van der Waals surface area (Å²) in [5, 5.41) is 3.81. The molecule has 1 rings (SSSR count). The number of nitrogens with zero attached hydrogens (tertiary/aromatic N) is 1. The highest BCUT2D eigenvalue weighted by atomic mass is 16.5. The molecule has 72 valence electrons. The molecule has 0 aliphatic carbocycles. The van der Waals surface area contributed by atoms with E-state index in [1.165, 1.54) is 6.92 Å². The summed E-state index contributed by atoms with van der Waals surface area (Å²) >= 11 is 0. The Hall–Kier alpha value is -1.12. The molecule has 0 aliphatic rings. The lowest BCUT2D eigenvalue weighted by atomic mass is 9.89. The van der Waals surface area contributed by atoms with Crippen LogP contribution in [0.25, 0.3) is 0 Å². The van der Waals surface area contributed by atoms with Crippen LogP contribution >= 0.6 is 0 Å². The molecule has 1 aromatic rings. The molecule has 0 aromatic carbocycles. The monoisotopic (exact) mass is 181 g/mol. The van der Waals surface area contributed by atoms with Crippen molar-refractivity contribution in [2.45, 2.75) is 40.0 Å². The zero-order chi connectivity index (χ0) is 10.2. The number of carbonyl (C=O) groups excluding carboxylic acids is 1. The van der Waals surface area contributed by atoms with Gasteiger partial charge in [0.1, 0.15) is 0 Å². The molecule has 0 spiro atoms. The molecule has 0 amide bonds. The number of hydrogen-bond donors (Lipinski definition) is 0. The largest absolute Gasteiger partial charge is 0.360 e. The lowest BCUT2D eigenvalue weighted by molar-refractivity contribution is 0.101. The zero-order valence-corrected chi connectivity index (χ0v) is 8.76. The minimum absolute atomic E-state index is 0.0173. The summed E-state index contributed by atoms with van der Waals surface area (Å²) in [7, 11) is 0. The number of hydrogen-bond acceptors (Lipinski definition) is 3. The first-order valence-electron chi connectivity index (χ1n) is 4.31. The fourth-order valence-electron chi connectivity index (χ4n) is 1.30. The van der Waals surface area contributed by atoms with Gasteiger partial charge < -0.3 is 4.52 Å². The molecule has 0 fully saturated rings. The number of carbonyl (C=O) groups is 1. The van der Waals surface area contributed by atoms with E-state index in [-0.39, 0.29) is 11.2 Å². The molecular formula is C10H15NO2. The summed E-state index contributed by atoms with van der Waals surface area (Å²) in [6.07, 6.45) is 0. The number of aryl methyl sites for hydroxylation is 1. The summed E-state index contributed by atoms with van der Waals surface area (Å²) in [6.45, 7) is 9.32. The molecule has 0 N–H and O–H groups in total. The minimum atomic E-state index is -0.164. The van der Waals surface area contributed by atoms with Gasteiger partial charge in [-0.2, -0.15) is 0 Å². The first-order chi connectivity index (χ1) is 5.84. The fraction of sp³-hybridized carbons (Fsp3) is 0.600. The number of Topliss-reactive ketones (excluding diaryl/α,β-unsaturated/α-hetero) is 1. The van der Waals surface area contributed by atoms with Crippen molar-refractivity contribution in [3.05, 3.63) is 17.0 Å². The van der Waals surface area contributed by atoms with E-state index < -0.39 is 0 Å². The van der Waals surface area contributed by atoms with Crippen LogP contribution in [0.3, 0.4) is 0 Å². The van der Waals surface area contributed by atoms with Gasteiger partial charge in [0.05, 0.1) is 11.3 Å². The van der Waals surface area contributed by atoms with Crippen molar-refractivity contribution in [3.8, 4) is 0 Å². The Balaban J connectivity index is 3.31. The maximum Gasteiger partial charge on any atom is 0.165 e. The van der Waals surface area contributed by atoms with Gasteiger partial charge in [-0.15, -0.1) is 0 Å². The highest BCUT2D eigenvalue weighted by molar-refractivity contribution is 5.96. The average Bonchev–Trinajstić information content (AvgIpc) is 2.28. The molecule has 0 bridgehead atoms. The summed E-state index contributed by atoms with van der Waals surface area (Å²) in [4.78, 5) is 11.3. The SMILES string of the molecule is CC(=O)c1c(C)noc1C(C)(C)C. The number of ketones is 1. The van der Waals surface area contributed by atoms with Crippen LogP contribution in [-0.4, -0.2) is 10.9 Å². The molecule has 0 radical (unpaired) electrons. The Kier molecular flexibility index (Phi) is 2.28. The van der Waals surface area contributed by atoms with Crippen molar-refractivity contribution >= 4 is 5.78 Å². The second-order valence-electron chi connectivity index (χ2n) is 4.28. The predicted molar refractivity (Wildman–Crippen MR) is 49.9 cm³/mol. The van der Waals surface area contributed by atoms with E-state index >= 15 is 0 Å². The third kappa shape index (κ3) is 1.79. The van der Waals surface area contributed by atoms with Gasteiger partial charge in [0.25, 0.3) is 0 Å². The van der Waals surface area contributed by atoms with Crippen molar-refractivity contribution in [2.75, 3.05) is 0 Å². The highest BCUT2D eigenvalue weighted by Crippen LogP contribution is 2.27. The topological polar surface area (TPSA) is 43.1 Å². The van der Waals surface area contributed by atoms with Gasteiger partial charge in [0.2, 0.25) is 0 Å². The van der Waals surface area contributed by atoms with Crippen molar-refractivity contribution in [3.63, 3.8) is 0 Å². The van der Waals surface area contributed by atoms with Crippen LogP contribution in [0.1, 0.15) is 49.5 Å². The Morgan fingerprint density at radius 3 is 2.23 bits per heavy atom. The van der Waals surface area contributed by atoms with Crippen molar-refractivity contribution < 1.29 is 9.32 Å². The highest BCUT2D eigenvalue weighted by Gasteiger charge is 2.27. The van der Waals surface area contributed by atoms with Gasteiger partial charge in [-0.05, 0) is 13.8 Å². The molecular weight excluding hydrogens is 166 g/mol. The molecule has 3 nitrogen and oxygen atoms in total. The normalized spacial score (nSPS) is 11.8. The number of rotatable bonds is 1. The van der Waals surface area contributed by atoms with Crippen LogP contribution < -0.4 is 0 Å². The fourth-order valence-corrected chi connectivity index (χ4v) is 1.30. The summed E-state index contributed by atoms with van der Waals surface area (Å²) in [5.41, 5.74) is 1.15. The lowest BCUT2D eigenvalue weighted by Crippen LogP contribution is -2.14. The smallest absolute Gasteiger partial charge is 0.165 e. The second-order valence-corrected chi connectivity index (χ2v) is 4.28. The Morgan fingerprint density at radius 1 is 1.38 bits per heavy atom. The third-order valence-corrected chi connectivity index (χ3v) is 1.90. The summed E-state index contributed by atoms with van der Waals surface area (Å²) in [6, 6.07) is 0. The van der Waals surface area contributed by atoms with E-state index in [0.717, 1.165) is 0 Å².